The normalized spacial score (nSPS) is 9.33. The van der Waals surface area contributed by atoms with Crippen LogP contribution in [0.15, 0.2) is 18.2 Å². The number of benzene rings is 1. The Morgan fingerprint density at radius 2 is 2.22 bits per heavy atom. The molecule has 1 aromatic carbocycles. The van der Waals surface area contributed by atoms with Crippen LogP contribution < -0.4 is 11.1 Å². The number of hydrogen-bond donors (Lipinski definition) is 2. The van der Waals surface area contributed by atoms with Gasteiger partial charge in [0.1, 0.15) is 6.54 Å². The maximum Gasteiger partial charge on any atom is 0.338 e. The lowest BCUT2D eigenvalue weighted by Crippen LogP contribution is -2.28. The van der Waals surface area contributed by atoms with Gasteiger partial charge in [-0.15, -0.1) is 0 Å². The summed E-state index contributed by atoms with van der Waals surface area (Å²) in [7, 11) is 0. The number of carbonyl (C=O) groups excluding carboxylic acids is 2. The van der Waals surface area contributed by atoms with Crippen LogP contribution in [-0.2, 0) is 9.53 Å². The summed E-state index contributed by atoms with van der Waals surface area (Å²) in [6.07, 6.45) is 0. The number of halogens is 1. The Bertz CT molecular complexity index is 511. The quantitative estimate of drug-likeness (QED) is 0.475. The predicted octanol–water partition coefficient (Wildman–Crippen LogP) is 0.719. The van der Waals surface area contributed by atoms with E-state index in [-0.39, 0.29) is 17.1 Å². The molecule has 0 saturated heterocycles. The number of nitrogens with two attached hydrogens (primary N) is 1. The Morgan fingerprint density at radius 1 is 1.50 bits per heavy atom. The van der Waals surface area contributed by atoms with E-state index in [0.29, 0.717) is 5.69 Å². The van der Waals surface area contributed by atoms with Crippen molar-refractivity contribution in [3.05, 3.63) is 28.8 Å². The third-order valence-corrected chi connectivity index (χ3v) is 2.26. The first kappa shape index (κ1) is 13.8. The van der Waals surface area contributed by atoms with E-state index in [1.54, 1.807) is 6.07 Å². The molecular weight excluding hydrogens is 258 g/mol. The molecule has 7 heteroatoms. The molecular formula is C11H10ClN3O3. The van der Waals surface area contributed by atoms with E-state index >= 15 is 0 Å². The van der Waals surface area contributed by atoms with Crippen molar-refractivity contribution in [1.82, 2.24) is 5.32 Å². The molecule has 0 aliphatic carbocycles. The van der Waals surface area contributed by atoms with Crippen LogP contribution in [0.1, 0.15) is 10.4 Å². The first-order chi connectivity index (χ1) is 8.54. The minimum absolute atomic E-state index is 0.135. The van der Waals surface area contributed by atoms with E-state index in [0.717, 1.165) is 0 Å². The summed E-state index contributed by atoms with van der Waals surface area (Å²) in [4.78, 5) is 22.6. The van der Waals surface area contributed by atoms with Gasteiger partial charge in [0.15, 0.2) is 6.61 Å². The summed E-state index contributed by atoms with van der Waals surface area (Å²) in [6.45, 7) is -0.591. The topological polar surface area (TPSA) is 105 Å². The van der Waals surface area contributed by atoms with Crippen LogP contribution in [0.4, 0.5) is 5.69 Å². The molecule has 0 spiro atoms. The van der Waals surface area contributed by atoms with Gasteiger partial charge < -0.3 is 15.8 Å². The summed E-state index contributed by atoms with van der Waals surface area (Å²) < 4.78 is 4.72. The Morgan fingerprint density at radius 3 is 2.83 bits per heavy atom. The highest BCUT2D eigenvalue weighted by molar-refractivity contribution is 6.33. The van der Waals surface area contributed by atoms with Crippen LogP contribution in [0.5, 0.6) is 0 Å². The molecule has 0 radical (unpaired) electrons. The number of nitrogens with zero attached hydrogens (tertiary/aromatic N) is 1. The molecule has 0 aliphatic rings. The molecule has 0 bridgehead atoms. The monoisotopic (exact) mass is 267 g/mol. The second kappa shape index (κ2) is 6.47. The molecule has 1 rings (SSSR count). The minimum Gasteiger partial charge on any atom is -0.452 e. The zero-order valence-corrected chi connectivity index (χ0v) is 10.0. The van der Waals surface area contributed by atoms with E-state index < -0.39 is 18.5 Å². The number of carbonyl (C=O) groups is 2. The average Bonchev–Trinajstić information content (AvgIpc) is 2.36. The van der Waals surface area contributed by atoms with Crippen molar-refractivity contribution in [3.8, 4) is 6.07 Å². The Kier molecular flexibility index (Phi) is 4.96. The zero-order chi connectivity index (χ0) is 13.5. The van der Waals surface area contributed by atoms with Crippen LogP contribution in [0.2, 0.25) is 5.02 Å². The van der Waals surface area contributed by atoms with Crippen LogP contribution in [0, 0.1) is 11.3 Å². The number of nitrogens with one attached hydrogen (secondary N) is 1. The molecule has 0 fully saturated rings. The molecule has 94 valence electrons. The highest BCUT2D eigenvalue weighted by atomic mass is 35.5. The maximum absolute atomic E-state index is 11.5. The van der Waals surface area contributed by atoms with E-state index in [1.165, 1.54) is 18.2 Å². The Balaban J connectivity index is 2.53. The molecule has 6 nitrogen and oxygen atoms in total. The molecule has 0 heterocycles. The van der Waals surface area contributed by atoms with Gasteiger partial charge in [-0.1, -0.05) is 11.6 Å². The third kappa shape index (κ3) is 3.96. The van der Waals surface area contributed by atoms with Gasteiger partial charge in [0, 0.05) is 0 Å². The van der Waals surface area contributed by atoms with Gasteiger partial charge in [-0.3, -0.25) is 4.79 Å². The van der Waals surface area contributed by atoms with Gasteiger partial charge in [0.2, 0.25) is 0 Å². The second-order valence-corrected chi connectivity index (χ2v) is 3.65. The molecule has 0 atom stereocenters. The van der Waals surface area contributed by atoms with Gasteiger partial charge in [-0.05, 0) is 18.2 Å². The SMILES string of the molecule is N#CCNC(=O)COC(=O)c1ccc(N)c(Cl)c1. The van der Waals surface area contributed by atoms with Gasteiger partial charge >= 0.3 is 5.97 Å². The number of hydrogen-bond acceptors (Lipinski definition) is 5. The number of nitriles is 1. The summed E-state index contributed by atoms with van der Waals surface area (Å²) in [6, 6.07) is 5.99. The lowest BCUT2D eigenvalue weighted by Gasteiger charge is -2.05. The smallest absolute Gasteiger partial charge is 0.338 e. The van der Waals surface area contributed by atoms with Gasteiger partial charge in [-0.2, -0.15) is 5.26 Å². The summed E-state index contributed by atoms with van der Waals surface area (Å²) >= 11 is 5.74. The van der Waals surface area contributed by atoms with Crippen molar-refractivity contribution in [2.45, 2.75) is 0 Å². The number of ether oxygens (including phenoxy) is 1. The lowest BCUT2D eigenvalue weighted by atomic mass is 10.2. The Labute approximate surface area is 108 Å². The number of amides is 1. The number of anilines is 1. The van der Waals surface area contributed by atoms with Crippen molar-refractivity contribution in [1.29, 1.82) is 5.26 Å². The van der Waals surface area contributed by atoms with Gasteiger partial charge in [-0.25, -0.2) is 4.79 Å². The van der Waals surface area contributed by atoms with E-state index in [9.17, 15) is 9.59 Å². The summed E-state index contributed by atoms with van der Waals surface area (Å²) in [5, 5.41) is 10.7. The summed E-state index contributed by atoms with van der Waals surface area (Å²) in [5.41, 5.74) is 6.03. The van der Waals surface area contributed by atoms with Crippen LogP contribution in [-0.4, -0.2) is 25.0 Å². The van der Waals surface area contributed by atoms with E-state index in [2.05, 4.69) is 5.32 Å². The third-order valence-electron chi connectivity index (χ3n) is 1.94. The van der Waals surface area contributed by atoms with Crippen molar-refractivity contribution >= 4 is 29.2 Å². The molecule has 0 aromatic heterocycles. The molecule has 0 saturated carbocycles. The largest absolute Gasteiger partial charge is 0.452 e. The van der Waals surface area contributed by atoms with Crippen LogP contribution >= 0.6 is 11.6 Å². The van der Waals surface area contributed by atoms with Gasteiger partial charge in [0.05, 0.1) is 22.3 Å². The fourth-order valence-corrected chi connectivity index (χ4v) is 1.24. The first-order valence-electron chi connectivity index (χ1n) is 4.90. The second-order valence-electron chi connectivity index (χ2n) is 3.25. The van der Waals surface area contributed by atoms with Crippen LogP contribution in [0.25, 0.3) is 0 Å². The number of esters is 1. The van der Waals surface area contributed by atoms with Crippen molar-refractivity contribution in [3.63, 3.8) is 0 Å². The highest BCUT2D eigenvalue weighted by Crippen LogP contribution is 2.19. The molecule has 0 unspecified atom stereocenters. The molecule has 1 aromatic rings. The minimum atomic E-state index is -0.691. The van der Waals surface area contributed by atoms with Crippen molar-refractivity contribution in [2.75, 3.05) is 18.9 Å². The fraction of sp³-hybridized carbons (Fsp3) is 0.182. The maximum atomic E-state index is 11.5. The standard InChI is InChI=1S/C11H10ClN3O3/c12-8-5-7(1-2-9(8)14)11(17)18-6-10(16)15-4-3-13/h1-2,5H,4,6,14H2,(H,15,16). The van der Waals surface area contributed by atoms with Crippen LogP contribution in [0.3, 0.4) is 0 Å². The molecule has 18 heavy (non-hydrogen) atoms. The van der Waals surface area contributed by atoms with Crippen molar-refractivity contribution < 1.29 is 14.3 Å². The number of nitrogen functional groups attached to an aromatic ring is 1. The first-order valence-corrected chi connectivity index (χ1v) is 5.28. The zero-order valence-electron chi connectivity index (χ0n) is 9.27. The highest BCUT2D eigenvalue weighted by Gasteiger charge is 2.11. The Hall–Kier alpha value is -2.26. The number of rotatable bonds is 4. The lowest BCUT2D eigenvalue weighted by molar-refractivity contribution is -0.123. The molecule has 1 amide bonds. The molecule has 3 N–H and O–H groups in total. The molecule has 0 aliphatic heterocycles. The summed E-state index contributed by atoms with van der Waals surface area (Å²) in [5.74, 6) is -1.24. The fourth-order valence-electron chi connectivity index (χ4n) is 1.06. The van der Waals surface area contributed by atoms with Crippen molar-refractivity contribution in [2.24, 2.45) is 0 Å². The van der Waals surface area contributed by atoms with E-state index in [4.69, 9.17) is 27.3 Å². The average molecular weight is 268 g/mol. The predicted molar refractivity (Wildman–Crippen MR) is 64.8 cm³/mol. The van der Waals surface area contributed by atoms with E-state index in [1.807, 2.05) is 0 Å². The van der Waals surface area contributed by atoms with Gasteiger partial charge in [0.25, 0.3) is 5.91 Å².